The van der Waals surface area contributed by atoms with Crippen molar-refractivity contribution in [3.8, 4) is 5.75 Å². The van der Waals surface area contributed by atoms with Crippen molar-refractivity contribution in [3.05, 3.63) is 33.9 Å². The molecule has 1 saturated carbocycles. The molecular formula is C21H22F4N2O5. The number of aromatic nitrogens is 1. The van der Waals surface area contributed by atoms with Crippen LogP contribution in [0.1, 0.15) is 35.7 Å². The maximum Gasteiger partial charge on any atom is 0.394 e. The van der Waals surface area contributed by atoms with E-state index in [1.54, 1.807) is 4.57 Å². The molecular weight excluding hydrogens is 436 g/mol. The van der Waals surface area contributed by atoms with Crippen LogP contribution >= 0.6 is 0 Å². The van der Waals surface area contributed by atoms with E-state index in [2.05, 4.69) is 0 Å². The minimum atomic E-state index is -4.58. The summed E-state index contributed by atoms with van der Waals surface area (Å²) in [6, 6.07) is 0.847. The Bertz CT molecular complexity index is 1130. The molecule has 174 valence electrons. The molecule has 0 spiro atoms. The van der Waals surface area contributed by atoms with Gasteiger partial charge in [0, 0.05) is 25.3 Å². The second kappa shape index (κ2) is 7.95. The number of ether oxygens (including phenoxy) is 1. The van der Waals surface area contributed by atoms with Crippen LogP contribution in [-0.2, 0) is 0 Å². The van der Waals surface area contributed by atoms with Gasteiger partial charge in [-0.15, -0.1) is 0 Å². The number of fused-ring (bicyclic) bond motifs is 1. The Hall–Kier alpha value is -2.82. The number of anilines is 1. The molecule has 2 aliphatic rings. The highest BCUT2D eigenvalue weighted by atomic mass is 19.4. The summed E-state index contributed by atoms with van der Waals surface area (Å²) in [5, 5.41) is 18.5. The van der Waals surface area contributed by atoms with Gasteiger partial charge in [-0.3, -0.25) is 4.79 Å². The van der Waals surface area contributed by atoms with E-state index < -0.39 is 47.4 Å². The number of carbonyl (C=O) groups is 1. The first-order valence-electron chi connectivity index (χ1n) is 10.2. The van der Waals surface area contributed by atoms with Crippen molar-refractivity contribution in [1.82, 2.24) is 4.57 Å². The number of halogens is 4. The Kier molecular flexibility index (Phi) is 5.56. The Morgan fingerprint density at radius 3 is 2.53 bits per heavy atom. The first kappa shape index (κ1) is 22.4. The van der Waals surface area contributed by atoms with Crippen molar-refractivity contribution in [2.75, 3.05) is 31.7 Å². The monoisotopic (exact) mass is 458 g/mol. The largest absolute Gasteiger partial charge is 0.492 e. The number of aliphatic hydroxyl groups excluding tert-OH is 1. The third-order valence-corrected chi connectivity index (χ3v) is 6.30. The van der Waals surface area contributed by atoms with Crippen LogP contribution in [-0.4, -0.2) is 53.7 Å². The molecule has 1 saturated heterocycles. The summed E-state index contributed by atoms with van der Waals surface area (Å²) in [5.41, 5.74) is -1.20. The predicted molar refractivity (Wildman–Crippen MR) is 107 cm³/mol. The summed E-state index contributed by atoms with van der Waals surface area (Å²) >= 11 is 0. The van der Waals surface area contributed by atoms with Gasteiger partial charge < -0.3 is 24.4 Å². The summed E-state index contributed by atoms with van der Waals surface area (Å²) in [6.45, 7) is -1.10. The van der Waals surface area contributed by atoms with E-state index in [0.29, 0.717) is 0 Å². The average molecular weight is 458 g/mol. The van der Waals surface area contributed by atoms with E-state index in [4.69, 9.17) is 4.74 Å². The number of aliphatic hydroxyl groups is 1. The highest BCUT2D eigenvalue weighted by Crippen LogP contribution is 2.46. The Balaban J connectivity index is 1.86. The van der Waals surface area contributed by atoms with Crippen LogP contribution in [0, 0.1) is 17.7 Å². The summed E-state index contributed by atoms with van der Waals surface area (Å²) in [4.78, 5) is 25.7. The second-order valence-corrected chi connectivity index (χ2v) is 8.28. The molecule has 0 radical (unpaired) electrons. The highest BCUT2D eigenvalue weighted by Gasteiger charge is 2.47. The summed E-state index contributed by atoms with van der Waals surface area (Å²) in [7, 11) is 1.27. The normalized spacial score (nSPS) is 20.1. The number of alkyl halides is 3. The summed E-state index contributed by atoms with van der Waals surface area (Å²) in [6.07, 6.45) is -1.79. The van der Waals surface area contributed by atoms with Gasteiger partial charge >= 0.3 is 12.1 Å². The quantitative estimate of drug-likeness (QED) is 0.647. The number of benzene rings is 1. The SMILES string of the molecule is COc1c(N2CCC(C(CO)C(F)(F)F)C2)c(F)cc2c(=O)c(C(=O)O)cn(C3CC3)c12. The van der Waals surface area contributed by atoms with E-state index in [9.17, 15) is 33.0 Å². The summed E-state index contributed by atoms with van der Waals surface area (Å²) < 4.78 is 62.1. The molecule has 1 aromatic heterocycles. The van der Waals surface area contributed by atoms with Gasteiger partial charge in [-0.2, -0.15) is 13.2 Å². The number of nitrogens with zero attached hydrogens (tertiary/aromatic N) is 2. The van der Waals surface area contributed by atoms with Crippen LogP contribution in [0.2, 0.25) is 0 Å². The van der Waals surface area contributed by atoms with Gasteiger partial charge in [-0.25, -0.2) is 9.18 Å². The van der Waals surface area contributed by atoms with Gasteiger partial charge in [-0.1, -0.05) is 0 Å². The van der Waals surface area contributed by atoms with Crippen LogP contribution in [0.25, 0.3) is 10.9 Å². The lowest BCUT2D eigenvalue weighted by molar-refractivity contribution is -0.196. The maximum absolute atomic E-state index is 15.2. The number of hydrogen-bond donors (Lipinski definition) is 2. The van der Waals surface area contributed by atoms with Crippen molar-refractivity contribution in [2.45, 2.75) is 31.5 Å². The van der Waals surface area contributed by atoms with E-state index in [1.165, 1.54) is 18.2 Å². The van der Waals surface area contributed by atoms with Crippen LogP contribution in [0.5, 0.6) is 5.75 Å². The molecule has 1 aliphatic carbocycles. The van der Waals surface area contributed by atoms with Gasteiger partial charge in [0.1, 0.15) is 11.3 Å². The van der Waals surface area contributed by atoms with E-state index in [1.807, 2.05) is 0 Å². The van der Waals surface area contributed by atoms with Crippen molar-refractivity contribution in [1.29, 1.82) is 0 Å². The molecule has 2 atom stereocenters. The number of methoxy groups -OCH3 is 1. The summed E-state index contributed by atoms with van der Waals surface area (Å²) in [5.74, 6) is -5.19. The van der Waals surface area contributed by atoms with Crippen molar-refractivity contribution in [3.63, 3.8) is 0 Å². The molecule has 2 heterocycles. The van der Waals surface area contributed by atoms with Crippen LogP contribution in [0.3, 0.4) is 0 Å². The Labute approximate surface area is 179 Å². The fraction of sp³-hybridized carbons (Fsp3) is 0.524. The number of hydrogen-bond acceptors (Lipinski definition) is 5. The second-order valence-electron chi connectivity index (χ2n) is 8.28. The van der Waals surface area contributed by atoms with E-state index in [0.717, 1.165) is 18.9 Å². The molecule has 7 nitrogen and oxygen atoms in total. The predicted octanol–water partition coefficient (Wildman–Crippen LogP) is 3.18. The van der Waals surface area contributed by atoms with Crippen molar-refractivity contribution < 1.29 is 37.3 Å². The Morgan fingerprint density at radius 2 is 2.00 bits per heavy atom. The molecule has 4 rings (SSSR count). The molecule has 0 bridgehead atoms. The minimum absolute atomic E-state index is 0.0193. The Morgan fingerprint density at radius 1 is 1.31 bits per heavy atom. The van der Waals surface area contributed by atoms with E-state index >= 15 is 4.39 Å². The topological polar surface area (TPSA) is 92.0 Å². The average Bonchev–Trinajstić information content (AvgIpc) is 3.45. The molecule has 2 aromatic rings. The first-order valence-corrected chi connectivity index (χ1v) is 10.2. The molecule has 2 unspecified atom stereocenters. The zero-order valence-corrected chi connectivity index (χ0v) is 17.2. The standard InChI is InChI=1S/C21H22F4N2O5/c1-32-19-16-12(18(29)13(20(30)31)8-27(16)11-2-3-11)6-15(22)17(19)26-5-4-10(7-26)14(9-28)21(23,24)25/h6,8,10-11,14,28H,2-5,7,9H2,1H3,(H,30,31). The van der Waals surface area contributed by atoms with E-state index in [-0.39, 0.29) is 47.9 Å². The lowest BCUT2D eigenvalue weighted by atomic mass is 9.92. The van der Waals surface area contributed by atoms with Crippen molar-refractivity contribution >= 4 is 22.6 Å². The zero-order valence-electron chi connectivity index (χ0n) is 17.2. The fourth-order valence-corrected chi connectivity index (χ4v) is 4.56. The van der Waals surface area contributed by atoms with Gasteiger partial charge in [-0.05, 0) is 31.2 Å². The molecule has 32 heavy (non-hydrogen) atoms. The number of carboxylic acid groups (broad SMARTS) is 1. The molecule has 11 heteroatoms. The zero-order chi connectivity index (χ0) is 23.4. The first-order chi connectivity index (χ1) is 15.1. The number of aromatic carboxylic acids is 1. The van der Waals surface area contributed by atoms with Crippen molar-refractivity contribution in [2.24, 2.45) is 11.8 Å². The third kappa shape index (κ3) is 3.68. The fourth-order valence-electron chi connectivity index (χ4n) is 4.56. The van der Waals surface area contributed by atoms with Gasteiger partial charge in [0.2, 0.25) is 5.43 Å². The third-order valence-electron chi connectivity index (χ3n) is 6.30. The molecule has 0 amide bonds. The van der Waals surface area contributed by atoms with Gasteiger partial charge in [0.05, 0.1) is 30.5 Å². The number of rotatable bonds is 6. The highest BCUT2D eigenvalue weighted by molar-refractivity contribution is 5.97. The van der Waals surface area contributed by atoms with Crippen LogP contribution < -0.4 is 15.1 Å². The lowest BCUT2D eigenvalue weighted by Crippen LogP contribution is -2.35. The minimum Gasteiger partial charge on any atom is -0.492 e. The van der Waals surface area contributed by atoms with Crippen LogP contribution in [0.4, 0.5) is 23.2 Å². The van der Waals surface area contributed by atoms with Crippen LogP contribution in [0.15, 0.2) is 17.1 Å². The molecule has 1 aliphatic heterocycles. The molecule has 2 fully saturated rings. The lowest BCUT2D eigenvalue weighted by Gasteiger charge is -2.27. The number of carboxylic acids is 1. The smallest absolute Gasteiger partial charge is 0.394 e. The molecule has 2 N–H and O–H groups in total. The van der Waals surface area contributed by atoms with Gasteiger partial charge in [0.25, 0.3) is 0 Å². The number of pyridine rings is 1. The maximum atomic E-state index is 15.2. The molecule has 1 aromatic carbocycles. The van der Waals surface area contributed by atoms with Gasteiger partial charge in [0.15, 0.2) is 11.6 Å².